The topological polar surface area (TPSA) is 39.1 Å². The van der Waals surface area contributed by atoms with E-state index in [1.165, 1.54) is 12.8 Å². The number of hydrogen-bond donors (Lipinski definition) is 1. The summed E-state index contributed by atoms with van der Waals surface area (Å²) in [5.74, 6) is 0.829. The zero-order valence-corrected chi connectivity index (χ0v) is 12.6. The zero-order chi connectivity index (χ0) is 13.9. The van der Waals surface area contributed by atoms with Crippen molar-refractivity contribution in [3.05, 3.63) is 18.0 Å². The molecule has 0 bridgehead atoms. The van der Waals surface area contributed by atoms with E-state index in [9.17, 15) is 0 Å². The van der Waals surface area contributed by atoms with E-state index >= 15 is 0 Å². The predicted octanol–water partition coefficient (Wildman–Crippen LogP) is 2.15. The Bertz CT molecular complexity index is 394. The molecule has 4 nitrogen and oxygen atoms in total. The third-order valence-electron chi connectivity index (χ3n) is 4.69. The van der Waals surface area contributed by atoms with Gasteiger partial charge < -0.3 is 10.1 Å². The maximum atomic E-state index is 5.96. The van der Waals surface area contributed by atoms with Crippen molar-refractivity contribution >= 4 is 0 Å². The van der Waals surface area contributed by atoms with Gasteiger partial charge in [0.25, 0.3) is 0 Å². The van der Waals surface area contributed by atoms with Gasteiger partial charge in [-0.15, -0.1) is 0 Å². The molecule has 1 aromatic rings. The molecule has 19 heavy (non-hydrogen) atoms. The first-order valence-corrected chi connectivity index (χ1v) is 7.30. The van der Waals surface area contributed by atoms with Crippen LogP contribution in [0.2, 0.25) is 0 Å². The van der Waals surface area contributed by atoms with E-state index in [0.29, 0.717) is 6.04 Å². The number of aromatic nitrogens is 2. The lowest BCUT2D eigenvalue weighted by Gasteiger charge is -2.44. The molecule has 0 radical (unpaired) electrons. The monoisotopic (exact) mass is 265 g/mol. The third kappa shape index (κ3) is 3.18. The van der Waals surface area contributed by atoms with Gasteiger partial charge in [0, 0.05) is 32.8 Å². The van der Waals surface area contributed by atoms with Crippen LogP contribution in [0.5, 0.6) is 0 Å². The van der Waals surface area contributed by atoms with Gasteiger partial charge in [0.05, 0.1) is 11.3 Å². The van der Waals surface area contributed by atoms with Crippen LogP contribution in [-0.4, -0.2) is 35.6 Å². The van der Waals surface area contributed by atoms with Crippen molar-refractivity contribution in [2.24, 2.45) is 13.0 Å². The summed E-state index contributed by atoms with van der Waals surface area (Å²) in [5.41, 5.74) is 1.11. The van der Waals surface area contributed by atoms with Gasteiger partial charge in [0.1, 0.15) is 0 Å². The van der Waals surface area contributed by atoms with Gasteiger partial charge in [-0.3, -0.25) is 4.68 Å². The third-order valence-corrected chi connectivity index (χ3v) is 4.69. The molecule has 1 atom stereocenters. The Kier molecular flexibility index (Phi) is 4.63. The first kappa shape index (κ1) is 14.5. The van der Waals surface area contributed by atoms with Gasteiger partial charge in [0.2, 0.25) is 0 Å². The second-order valence-corrected chi connectivity index (χ2v) is 5.98. The van der Waals surface area contributed by atoms with Crippen LogP contribution in [0, 0.1) is 5.92 Å². The highest BCUT2D eigenvalue weighted by Crippen LogP contribution is 2.37. The molecule has 0 spiro atoms. The summed E-state index contributed by atoms with van der Waals surface area (Å²) in [7, 11) is 5.86. The van der Waals surface area contributed by atoms with Crippen molar-refractivity contribution in [3.63, 3.8) is 0 Å². The Morgan fingerprint density at radius 2 is 2.21 bits per heavy atom. The molecule has 4 heteroatoms. The first-order chi connectivity index (χ1) is 9.09. The van der Waals surface area contributed by atoms with E-state index in [1.807, 2.05) is 32.1 Å². The molecule has 1 aromatic heterocycles. The van der Waals surface area contributed by atoms with Gasteiger partial charge >= 0.3 is 0 Å². The average Bonchev–Trinajstić information content (AvgIpc) is 2.83. The standard InChI is InChI=1S/C15H27N3O/c1-12-5-8-15(19-4,9-6-12)14(16-2)11-13-7-10-18(3)17-13/h7,10,12,14,16H,5-6,8-9,11H2,1-4H3. The average molecular weight is 265 g/mol. The van der Waals surface area contributed by atoms with Crippen molar-refractivity contribution in [2.75, 3.05) is 14.2 Å². The van der Waals surface area contributed by atoms with Crippen LogP contribution in [0.1, 0.15) is 38.3 Å². The molecule has 0 saturated heterocycles. The summed E-state index contributed by atoms with van der Waals surface area (Å²) in [6, 6.07) is 2.43. The van der Waals surface area contributed by atoms with Gasteiger partial charge in [-0.1, -0.05) is 6.92 Å². The van der Waals surface area contributed by atoms with Gasteiger partial charge in [0.15, 0.2) is 0 Å². The summed E-state index contributed by atoms with van der Waals surface area (Å²) >= 11 is 0. The van der Waals surface area contributed by atoms with Gasteiger partial charge in [-0.05, 0) is 44.7 Å². The quantitative estimate of drug-likeness (QED) is 0.886. The van der Waals surface area contributed by atoms with E-state index in [-0.39, 0.29) is 5.60 Å². The minimum Gasteiger partial charge on any atom is -0.377 e. The van der Waals surface area contributed by atoms with E-state index < -0.39 is 0 Å². The lowest BCUT2D eigenvalue weighted by molar-refractivity contribution is -0.0732. The number of methoxy groups -OCH3 is 1. The second-order valence-electron chi connectivity index (χ2n) is 5.98. The molecule has 0 aliphatic heterocycles. The maximum Gasteiger partial charge on any atom is 0.0834 e. The number of nitrogens with zero attached hydrogens (tertiary/aromatic N) is 2. The highest BCUT2D eigenvalue weighted by atomic mass is 16.5. The van der Waals surface area contributed by atoms with Crippen LogP contribution in [0.3, 0.4) is 0 Å². The Morgan fingerprint density at radius 1 is 1.53 bits per heavy atom. The van der Waals surface area contributed by atoms with Gasteiger partial charge in [-0.25, -0.2) is 0 Å². The second kappa shape index (κ2) is 6.06. The molecule has 108 valence electrons. The molecule has 0 aromatic carbocycles. The number of hydrogen-bond acceptors (Lipinski definition) is 3. The van der Waals surface area contributed by atoms with E-state index in [0.717, 1.165) is 30.9 Å². The molecule has 1 aliphatic carbocycles. The first-order valence-electron chi connectivity index (χ1n) is 7.30. The number of likely N-dealkylation sites (N-methyl/N-ethyl adjacent to an activating group) is 1. The zero-order valence-electron chi connectivity index (χ0n) is 12.6. The molecule has 1 saturated carbocycles. The Morgan fingerprint density at radius 3 is 2.68 bits per heavy atom. The Hall–Kier alpha value is -0.870. The lowest BCUT2D eigenvalue weighted by atomic mass is 9.74. The molecule has 0 amide bonds. The predicted molar refractivity (Wildman–Crippen MR) is 77.1 cm³/mol. The number of ether oxygens (including phenoxy) is 1. The smallest absolute Gasteiger partial charge is 0.0834 e. The summed E-state index contributed by atoms with van der Waals surface area (Å²) in [6.07, 6.45) is 7.73. The molecule has 1 aliphatic rings. The van der Waals surface area contributed by atoms with E-state index in [4.69, 9.17) is 4.74 Å². The normalized spacial score (nSPS) is 29.4. The molecule has 1 N–H and O–H groups in total. The van der Waals surface area contributed by atoms with Crippen molar-refractivity contribution in [1.29, 1.82) is 0 Å². The van der Waals surface area contributed by atoms with Crippen molar-refractivity contribution in [3.8, 4) is 0 Å². The van der Waals surface area contributed by atoms with Crippen LogP contribution in [0.25, 0.3) is 0 Å². The van der Waals surface area contributed by atoms with Crippen LogP contribution < -0.4 is 5.32 Å². The number of rotatable bonds is 5. The summed E-state index contributed by atoms with van der Waals surface area (Å²) < 4.78 is 7.83. The van der Waals surface area contributed by atoms with E-state index in [1.54, 1.807) is 0 Å². The largest absolute Gasteiger partial charge is 0.377 e. The molecule has 2 rings (SSSR count). The molecule has 1 fully saturated rings. The molecular formula is C15H27N3O. The molecule has 1 heterocycles. The van der Waals surface area contributed by atoms with Crippen LogP contribution in [0.4, 0.5) is 0 Å². The summed E-state index contributed by atoms with van der Waals surface area (Å²) in [5, 5.41) is 7.96. The SMILES string of the molecule is CNC(Cc1ccn(C)n1)C1(OC)CCC(C)CC1. The van der Waals surface area contributed by atoms with Crippen LogP contribution in [0.15, 0.2) is 12.3 Å². The fourth-order valence-corrected chi connectivity index (χ4v) is 3.28. The summed E-state index contributed by atoms with van der Waals surface area (Å²) in [6.45, 7) is 2.34. The lowest BCUT2D eigenvalue weighted by Crippen LogP contribution is -2.54. The van der Waals surface area contributed by atoms with E-state index in [2.05, 4.69) is 23.4 Å². The molecule has 1 unspecified atom stereocenters. The van der Waals surface area contributed by atoms with Crippen LogP contribution in [-0.2, 0) is 18.2 Å². The van der Waals surface area contributed by atoms with Crippen molar-refractivity contribution < 1.29 is 4.74 Å². The van der Waals surface area contributed by atoms with Crippen molar-refractivity contribution in [2.45, 2.75) is 50.7 Å². The minimum absolute atomic E-state index is 0.0290. The molecular weight excluding hydrogens is 238 g/mol. The Balaban J connectivity index is 2.10. The summed E-state index contributed by atoms with van der Waals surface area (Å²) in [4.78, 5) is 0. The fourth-order valence-electron chi connectivity index (χ4n) is 3.28. The van der Waals surface area contributed by atoms with Crippen molar-refractivity contribution in [1.82, 2.24) is 15.1 Å². The highest BCUT2D eigenvalue weighted by Gasteiger charge is 2.41. The van der Waals surface area contributed by atoms with Crippen LogP contribution >= 0.6 is 0 Å². The van der Waals surface area contributed by atoms with Gasteiger partial charge in [-0.2, -0.15) is 5.10 Å². The number of nitrogens with one attached hydrogen (secondary N) is 1. The highest BCUT2D eigenvalue weighted by molar-refractivity contribution is 5.06. The fraction of sp³-hybridized carbons (Fsp3) is 0.800. The minimum atomic E-state index is -0.0290. The Labute approximate surface area is 116 Å². The number of aryl methyl sites for hydroxylation is 1. The maximum absolute atomic E-state index is 5.96.